The van der Waals surface area contributed by atoms with E-state index in [1.165, 1.54) is 16.8 Å². The molecule has 7 nitrogen and oxygen atoms in total. The molecule has 3 aromatic rings. The van der Waals surface area contributed by atoms with Gasteiger partial charge in [0.25, 0.3) is 0 Å². The molecule has 1 aromatic heterocycles. The molecular weight excluding hydrogens is 400 g/mol. The second kappa shape index (κ2) is 8.53. The summed E-state index contributed by atoms with van der Waals surface area (Å²) in [6.45, 7) is 0.846. The van der Waals surface area contributed by atoms with E-state index in [0.717, 1.165) is 5.56 Å². The first-order valence-corrected chi connectivity index (χ1v) is 10.0. The summed E-state index contributed by atoms with van der Waals surface area (Å²) in [5.41, 5.74) is 0.927. The molecule has 2 heterocycles. The zero-order valence-corrected chi connectivity index (χ0v) is 16.4. The topological polar surface area (TPSA) is 69.5 Å². The average Bonchev–Trinajstić information content (AvgIpc) is 3.14. The monoisotopic (exact) mass is 416 g/mol. The van der Waals surface area contributed by atoms with E-state index >= 15 is 0 Å². The van der Waals surface area contributed by atoms with Crippen molar-refractivity contribution in [2.45, 2.75) is 18.4 Å². The lowest BCUT2D eigenvalue weighted by Crippen LogP contribution is -2.46. The van der Waals surface area contributed by atoms with E-state index in [4.69, 9.17) is 21.1 Å². The minimum absolute atomic E-state index is 0.149. The van der Waals surface area contributed by atoms with Crippen LogP contribution in [0.3, 0.4) is 0 Å². The van der Waals surface area contributed by atoms with Gasteiger partial charge in [0.15, 0.2) is 5.82 Å². The lowest BCUT2D eigenvalue weighted by Gasteiger charge is -2.28. The lowest BCUT2D eigenvalue weighted by atomic mass is 10.2. The molecule has 0 radical (unpaired) electrons. The molecule has 28 heavy (non-hydrogen) atoms. The first-order valence-electron chi connectivity index (χ1n) is 8.64. The van der Waals surface area contributed by atoms with Crippen molar-refractivity contribution in [3.63, 3.8) is 0 Å². The third-order valence-corrected chi connectivity index (χ3v) is 5.17. The van der Waals surface area contributed by atoms with Gasteiger partial charge in [0.05, 0.1) is 6.54 Å². The van der Waals surface area contributed by atoms with Crippen LogP contribution in [-0.2, 0) is 18.0 Å². The van der Waals surface area contributed by atoms with Crippen LogP contribution >= 0.6 is 23.4 Å². The number of carbonyl (C=O) groups excluding carboxylic acids is 1. The quantitative estimate of drug-likeness (QED) is 0.628. The maximum atomic E-state index is 12.7. The fraction of sp³-hybridized carbons (Fsp3) is 0.211. The van der Waals surface area contributed by atoms with Gasteiger partial charge in [-0.2, -0.15) is 0 Å². The lowest BCUT2D eigenvalue weighted by molar-refractivity contribution is 0.138. The zero-order valence-electron chi connectivity index (χ0n) is 14.8. The van der Waals surface area contributed by atoms with E-state index in [2.05, 4.69) is 10.2 Å². The highest BCUT2D eigenvalue weighted by molar-refractivity contribution is 7.99. The van der Waals surface area contributed by atoms with Crippen molar-refractivity contribution in [2.24, 2.45) is 0 Å². The zero-order chi connectivity index (χ0) is 19.3. The van der Waals surface area contributed by atoms with Crippen LogP contribution in [0.5, 0.6) is 5.75 Å². The number of nitrogens with zero attached hydrogens (tertiary/aromatic N) is 4. The number of thioether (sulfide) groups is 1. The van der Waals surface area contributed by atoms with Crippen molar-refractivity contribution in [1.29, 1.82) is 0 Å². The molecule has 0 aliphatic carbocycles. The third-order valence-electron chi connectivity index (χ3n) is 4.03. The first kappa shape index (κ1) is 18.6. The van der Waals surface area contributed by atoms with Gasteiger partial charge in [0.1, 0.15) is 19.0 Å². The summed E-state index contributed by atoms with van der Waals surface area (Å²) < 4.78 is 12.9. The minimum Gasteiger partial charge on any atom is -0.485 e. The van der Waals surface area contributed by atoms with Gasteiger partial charge in [-0.05, 0) is 23.8 Å². The molecule has 0 saturated heterocycles. The second-order valence-corrected chi connectivity index (χ2v) is 7.47. The molecule has 0 atom stereocenters. The van der Waals surface area contributed by atoms with Gasteiger partial charge in [-0.15, -0.1) is 10.2 Å². The SMILES string of the molecule is O=C(OCc1ccccc1)N1CCSc2nnc(COc3cccc(Cl)c3)n21. The van der Waals surface area contributed by atoms with E-state index < -0.39 is 6.09 Å². The average molecular weight is 417 g/mol. The van der Waals surface area contributed by atoms with Crippen LogP contribution in [0.25, 0.3) is 0 Å². The molecule has 0 bridgehead atoms. The number of hydrogen-bond acceptors (Lipinski definition) is 6. The summed E-state index contributed by atoms with van der Waals surface area (Å²) in [4.78, 5) is 12.7. The number of fused-ring (bicyclic) bond motifs is 1. The Hall–Kier alpha value is -2.71. The first-order chi connectivity index (χ1) is 13.7. The van der Waals surface area contributed by atoms with E-state index in [0.29, 0.717) is 34.1 Å². The maximum Gasteiger partial charge on any atom is 0.429 e. The molecule has 4 rings (SSSR count). The summed E-state index contributed by atoms with van der Waals surface area (Å²) in [5.74, 6) is 1.85. The van der Waals surface area contributed by atoms with Crippen LogP contribution < -0.4 is 9.75 Å². The number of rotatable bonds is 5. The van der Waals surface area contributed by atoms with Gasteiger partial charge in [-0.3, -0.25) is 0 Å². The van der Waals surface area contributed by atoms with Crippen molar-refractivity contribution in [3.05, 3.63) is 71.0 Å². The van der Waals surface area contributed by atoms with E-state index in [-0.39, 0.29) is 13.2 Å². The van der Waals surface area contributed by atoms with E-state index in [1.54, 1.807) is 28.9 Å². The van der Waals surface area contributed by atoms with Crippen molar-refractivity contribution >= 4 is 29.5 Å². The smallest absolute Gasteiger partial charge is 0.429 e. The fourth-order valence-corrected chi connectivity index (χ4v) is 3.76. The predicted octanol–water partition coefficient (Wildman–Crippen LogP) is 3.89. The molecule has 1 amide bonds. The molecule has 0 N–H and O–H groups in total. The van der Waals surface area contributed by atoms with E-state index in [1.807, 2.05) is 30.3 Å². The number of aromatic nitrogens is 3. The molecule has 0 saturated carbocycles. The Morgan fingerprint density at radius 1 is 1.11 bits per heavy atom. The van der Waals surface area contributed by atoms with Crippen LogP contribution in [0.1, 0.15) is 11.4 Å². The molecular formula is C19H17ClN4O3S. The summed E-state index contributed by atoms with van der Waals surface area (Å²) in [6.07, 6.45) is -0.450. The number of halogens is 1. The van der Waals surface area contributed by atoms with Gasteiger partial charge >= 0.3 is 6.09 Å². The summed E-state index contributed by atoms with van der Waals surface area (Å²) >= 11 is 7.52. The molecule has 2 aromatic carbocycles. The van der Waals surface area contributed by atoms with Crippen molar-refractivity contribution in [2.75, 3.05) is 17.3 Å². The largest absolute Gasteiger partial charge is 0.485 e. The van der Waals surface area contributed by atoms with Crippen LogP contribution in [0, 0.1) is 0 Å². The predicted molar refractivity (Wildman–Crippen MR) is 106 cm³/mol. The molecule has 1 aliphatic heterocycles. The fourth-order valence-electron chi connectivity index (χ4n) is 2.71. The molecule has 9 heteroatoms. The number of hydrogen-bond donors (Lipinski definition) is 0. The van der Waals surface area contributed by atoms with Gasteiger partial charge in [0.2, 0.25) is 5.16 Å². The normalized spacial score (nSPS) is 13.1. The number of amides is 1. The van der Waals surface area contributed by atoms with Crippen molar-refractivity contribution < 1.29 is 14.3 Å². The van der Waals surface area contributed by atoms with Crippen LogP contribution in [0.2, 0.25) is 5.02 Å². The summed E-state index contributed by atoms with van der Waals surface area (Å²) in [7, 11) is 0. The Balaban J connectivity index is 1.47. The highest BCUT2D eigenvalue weighted by Gasteiger charge is 2.28. The Kier molecular flexibility index (Phi) is 5.68. The third kappa shape index (κ3) is 4.23. The number of ether oxygens (including phenoxy) is 2. The molecule has 144 valence electrons. The Labute approximate surface area is 171 Å². The van der Waals surface area contributed by atoms with Gasteiger partial charge < -0.3 is 9.47 Å². The van der Waals surface area contributed by atoms with Gasteiger partial charge in [-0.1, -0.05) is 59.8 Å². The molecule has 0 unspecified atom stereocenters. The Bertz CT molecular complexity index is 967. The van der Waals surface area contributed by atoms with Gasteiger partial charge in [0, 0.05) is 10.8 Å². The second-order valence-electron chi connectivity index (χ2n) is 5.97. The highest BCUT2D eigenvalue weighted by atomic mass is 35.5. The molecule has 0 fully saturated rings. The van der Waals surface area contributed by atoms with Crippen LogP contribution in [-0.4, -0.2) is 33.3 Å². The Morgan fingerprint density at radius 2 is 1.96 bits per heavy atom. The summed E-state index contributed by atoms with van der Waals surface area (Å²) in [5, 5.41) is 11.1. The maximum absolute atomic E-state index is 12.7. The minimum atomic E-state index is -0.450. The van der Waals surface area contributed by atoms with Crippen LogP contribution in [0.4, 0.5) is 4.79 Å². The Morgan fingerprint density at radius 3 is 2.79 bits per heavy atom. The standard InChI is InChI=1S/C19H17ClN4O3S/c20-15-7-4-8-16(11-15)26-13-17-21-22-18-24(17)23(9-10-28-18)19(25)27-12-14-5-2-1-3-6-14/h1-8,11H,9-10,12-13H2. The van der Waals surface area contributed by atoms with Gasteiger partial charge in [-0.25, -0.2) is 14.5 Å². The molecule has 0 spiro atoms. The van der Waals surface area contributed by atoms with E-state index in [9.17, 15) is 4.79 Å². The van der Waals surface area contributed by atoms with Crippen molar-refractivity contribution in [3.8, 4) is 5.75 Å². The highest BCUT2D eigenvalue weighted by Crippen LogP contribution is 2.24. The van der Waals surface area contributed by atoms with Crippen LogP contribution in [0.15, 0.2) is 59.8 Å². The molecule has 1 aliphatic rings. The summed E-state index contributed by atoms with van der Waals surface area (Å²) in [6, 6.07) is 16.7. The van der Waals surface area contributed by atoms with Crippen molar-refractivity contribution in [1.82, 2.24) is 14.9 Å². The number of carbonyl (C=O) groups is 1. The number of benzene rings is 2.